The SMILES string of the molecule is CC(C)(C)OC(=O)CC1(ON)CCCS(=O)(=O)C1. The van der Waals surface area contributed by atoms with E-state index in [4.69, 9.17) is 15.5 Å². The molecule has 0 radical (unpaired) electrons. The first-order valence-electron chi connectivity index (χ1n) is 5.88. The van der Waals surface area contributed by atoms with Gasteiger partial charge < -0.3 is 4.74 Å². The van der Waals surface area contributed by atoms with Crippen LogP contribution in [0.15, 0.2) is 0 Å². The van der Waals surface area contributed by atoms with Gasteiger partial charge >= 0.3 is 5.97 Å². The van der Waals surface area contributed by atoms with Gasteiger partial charge in [0.1, 0.15) is 11.2 Å². The normalized spacial score (nSPS) is 27.8. The van der Waals surface area contributed by atoms with Crippen LogP contribution >= 0.6 is 0 Å². The minimum absolute atomic E-state index is 0.117. The Kier molecular flexibility index (Phi) is 4.40. The van der Waals surface area contributed by atoms with Crippen LogP contribution in [0.4, 0.5) is 0 Å². The Bertz CT molecular complexity index is 412. The van der Waals surface area contributed by atoms with Gasteiger partial charge in [0.05, 0.1) is 17.9 Å². The second-order valence-electron chi connectivity index (χ2n) is 5.76. The largest absolute Gasteiger partial charge is 0.460 e. The zero-order valence-corrected chi connectivity index (χ0v) is 11.9. The minimum Gasteiger partial charge on any atom is -0.460 e. The van der Waals surface area contributed by atoms with E-state index < -0.39 is 27.0 Å². The Morgan fingerprint density at radius 1 is 1.39 bits per heavy atom. The Balaban J connectivity index is 2.75. The summed E-state index contributed by atoms with van der Waals surface area (Å²) in [7, 11) is -3.20. The summed E-state index contributed by atoms with van der Waals surface area (Å²) >= 11 is 0. The van der Waals surface area contributed by atoms with E-state index in [1.54, 1.807) is 20.8 Å². The summed E-state index contributed by atoms with van der Waals surface area (Å²) in [6.45, 7) is 5.25. The minimum atomic E-state index is -3.20. The van der Waals surface area contributed by atoms with Crippen LogP contribution < -0.4 is 5.90 Å². The molecule has 106 valence electrons. The third-order valence-corrected chi connectivity index (χ3v) is 4.58. The van der Waals surface area contributed by atoms with Crippen LogP contribution in [0.5, 0.6) is 0 Å². The molecule has 2 N–H and O–H groups in total. The molecule has 1 aliphatic heterocycles. The number of hydrogen-bond acceptors (Lipinski definition) is 6. The molecule has 0 spiro atoms. The number of rotatable bonds is 3. The van der Waals surface area contributed by atoms with Crippen molar-refractivity contribution in [3.8, 4) is 0 Å². The highest BCUT2D eigenvalue weighted by Gasteiger charge is 2.42. The maximum absolute atomic E-state index is 11.7. The molecular weight excluding hydrogens is 258 g/mol. The van der Waals surface area contributed by atoms with Crippen molar-refractivity contribution in [3.05, 3.63) is 0 Å². The molecule has 0 bridgehead atoms. The van der Waals surface area contributed by atoms with Crippen molar-refractivity contribution in [2.45, 2.75) is 51.2 Å². The summed E-state index contributed by atoms with van der Waals surface area (Å²) in [6, 6.07) is 0. The monoisotopic (exact) mass is 279 g/mol. The summed E-state index contributed by atoms with van der Waals surface area (Å²) in [6.07, 6.45) is 0.754. The van der Waals surface area contributed by atoms with Crippen LogP contribution in [0, 0.1) is 0 Å². The van der Waals surface area contributed by atoms with E-state index in [1.807, 2.05) is 0 Å². The second-order valence-corrected chi connectivity index (χ2v) is 7.94. The van der Waals surface area contributed by atoms with Gasteiger partial charge in [-0.05, 0) is 33.6 Å². The van der Waals surface area contributed by atoms with Gasteiger partial charge in [-0.25, -0.2) is 14.3 Å². The van der Waals surface area contributed by atoms with Crippen molar-refractivity contribution < 1.29 is 22.8 Å². The lowest BCUT2D eigenvalue weighted by atomic mass is 9.95. The van der Waals surface area contributed by atoms with Gasteiger partial charge in [-0.15, -0.1) is 0 Å². The predicted molar refractivity (Wildman–Crippen MR) is 66.4 cm³/mol. The molecule has 1 saturated heterocycles. The van der Waals surface area contributed by atoms with Crippen LogP contribution in [-0.4, -0.2) is 37.1 Å². The van der Waals surface area contributed by atoms with Gasteiger partial charge in [0.15, 0.2) is 9.84 Å². The smallest absolute Gasteiger partial charge is 0.309 e. The van der Waals surface area contributed by atoms with E-state index in [-0.39, 0.29) is 17.9 Å². The van der Waals surface area contributed by atoms with Crippen molar-refractivity contribution >= 4 is 15.8 Å². The van der Waals surface area contributed by atoms with Crippen LogP contribution in [0.2, 0.25) is 0 Å². The highest BCUT2D eigenvalue weighted by atomic mass is 32.2. The van der Waals surface area contributed by atoms with Crippen LogP contribution in [0.25, 0.3) is 0 Å². The molecule has 7 heteroatoms. The number of carbonyl (C=O) groups excluding carboxylic acids is 1. The maximum atomic E-state index is 11.7. The molecule has 1 aliphatic rings. The van der Waals surface area contributed by atoms with Crippen molar-refractivity contribution in [2.24, 2.45) is 5.90 Å². The van der Waals surface area contributed by atoms with Gasteiger partial charge in [-0.3, -0.25) is 9.63 Å². The molecule has 1 rings (SSSR count). The van der Waals surface area contributed by atoms with E-state index in [1.165, 1.54) is 0 Å². The quantitative estimate of drug-likeness (QED) is 0.599. The summed E-state index contributed by atoms with van der Waals surface area (Å²) in [5, 5.41) is 0. The Morgan fingerprint density at radius 2 is 2.00 bits per heavy atom. The molecule has 0 aromatic carbocycles. The number of nitrogens with two attached hydrogens (primary N) is 1. The number of ether oxygens (including phenoxy) is 1. The molecule has 1 heterocycles. The summed E-state index contributed by atoms with van der Waals surface area (Å²) in [5.74, 6) is 4.59. The summed E-state index contributed by atoms with van der Waals surface area (Å²) < 4.78 is 28.4. The highest BCUT2D eigenvalue weighted by Crippen LogP contribution is 2.29. The van der Waals surface area contributed by atoms with E-state index in [2.05, 4.69) is 0 Å². The van der Waals surface area contributed by atoms with E-state index in [0.717, 1.165) is 0 Å². The van der Waals surface area contributed by atoms with Crippen LogP contribution in [0.1, 0.15) is 40.0 Å². The maximum Gasteiger partial charge on any atom is 0.309 e. The topological polar surface area (TPSA) is 95.7 Å². The van der Waals surface area contributed by atoms with E-state index in [9.17, 15) is 13.2 Å². The first kappa shape index (κ1) is 15.4. The Labute approximate surface area is 108 Å². The predicted octanol–water partition coefficient (Wildman–Crippen LogP) is 0.556. The fourth-order valence-electron chi connectivity index (χ4n) is 2.07. The first-order valence-corrected chi connectivity index (χ1v) is 7.70. The average Bonchev–Trinajstić information content (AvgIpc) is 2.12. The van der Waals surface area contributed by atoms with Gasteiger partial charge in [0.2, 0.25) is 0 Å². The molecule has 0 saturated carbocycles. The number of carbonyl (C=O) groups is 1. The first-order chi connectivity index (χ1) is 8.08. The summed E-state index contributed by atoms with van der Waals surface area (Å²) in [4.78, 5) is 16.6. The molecule has 1 unspecified atom stereocenters. The Hall–Kier alpha value is -0.660. The van der Waals surface area contributed by atoms with Gasteiger partial charge in [0.25, 0.3) is 0 Å². The zero-order chi connectivity index (χ0) is 14.0. The molecule has 1 fully saturated rings. The fourth-order valence-corrected chi connectivity index (χ4v) is 3.92. The second kappa shape index (κ2) is 5.14. The van der Waals surface area contributed by atoms with Crippen molar-refractivity contribution in [2.75, 3.05) is 11.5 Å². The molecule has 0 amide bonds. The number of esters is 1. The van der Waals surface area contributed by atoms with Crippen molar-refractivity contribution in [3.63, 3.8) is 0 Å². The molecule has 1 atom stereocenters. The zero-order valence-electron chi connectivity index (χ0n) is 11.1. The highest BCUT2D eigenvalue weighted by molar-refractivity contribution is 7.91. The number of hydrogen-bond donors (Lipinski definition) is 1. The lowest BCUT2D eigenvalue weighted by Gasteiger charge is -2.34. The fraction of sp³-hybridized carbons (Fsp3) is 0.909. The molecule has 18 heavy (non-hydrogen) atoms. The third kappa shape index (κ3) is 4.55. The molecule has 6 nitrogen and oxygen atoms in total. The average molecular weight is 279 g/mol. The third-order valence-electron chi connectivity index (χ3n) is 2.71. The molecular formula is C11H21NO5S. The lowest BCUT2D eigenvalue weighted by Crippen LogP contribution is -2.48. The number of sulfone groups is 1. The summed E-state index contributed by atoms with van der Waals surface area (Å²) in [5.41, 5.74) is -1.75. The van der Waals surface area contributed by atoms with Crippen molar-refractivity contribution in [1.29, 1.82) is 0 Å². The van der Waals surface area contributed by atoms with Crippen molar-refractivity contribution in [1.82, 2.24) is 0 Å². The molecule has 0 aromatic rings. The van der Waals surface area contributed by atoms with Gasteiger partial charge in [-0.2, -0.15) is 0 Å². The molecule has 0 aromatic heterocycles. The standard InChI is InChI=1S/C11H21NO5S/c1-10(2,3)16-9(13)7-11(17-12)5-4-6-18(14,15)8-11/h4-8,12H2,1-3H3. The molecule has 0 aliphatic carbocycles. The van der Waals surface area contributed by atoms with Gasteiger partial charge in [-0.1, -0.05) is 0 Å². The van der Waals surface area contributed by atoms with Crippen LogP contribution in [-0.2, 0) is 24.2 Å². The lowest BCUT2D eigenvalue weighted by molar-refractivity contribution is -0.162. The van der Waals surface area contributed by atoms with Crippen LogP contribution in [0.3, 0.4) is 0 Å². The Morgan fingerprint density at radius 3 is 2.44 bits per heavy atom. The van der Waals surface area contributed by atoms with E-state index >= 15 is 0 Å². The van der Waals surface area contributed by atoms with E-state index in [0.29, 0.717) is 12.8 Å². The van der Waals surface area contributed by atoms with Gasteiger partial charge in [0, 0.05) is 0 Å².